The zero-order chi connectivity index (χ0) is 19.9. The van der Waals surface area contributed by atoms with E-state index in [0.29, 0.717) is 19.0 Å². The third kappa shape index (κ3) is 7.71. The molecule has 0 radical (unpaired) electrons. The van der Waals surface area contributed by atoms with Gasteiger partial charge in [-0.2, -0.15) is 0 Å². The minimum absolute atomic E-state index is 0. The van der Waals surface area contributed by atoms with Crippen LogP contribution in [0.3, 0.4) is 0 Å². The first kappa shape index (κ1) is 23.7. The van der Waals surface area contributed by atoms with Crippen molar-refractivity contribution in [2.45, 2.75) is 39.5 Å². The van der Waals surface area contributed by atoms with Crippen LogP contribution in [0.4, 0.5) is 5.69 Å². The number of nitro groups is 1. The molecule has 28 heavy (non-hydrogen) atoms. The molecule has 0 spiro atoms. The molecular formula is C20H27IN4O3. The van der Waals surface area contributed by atoms with E-state index in [9.17, 15) is 10.1 Å². The average Bonchev–Trinajstić information content (AvgIpc) is 2.62. The fourth-order valence-corrected chi connectivity index (χ4v) is 2.44. The van der Waals surface area contributed by atoms with Crippen molar-refractivity contribution in [3.05, 3.63) is 69.8 Å². The molecule has 0 saturated carbocycles. The normalized spacial score (nSPS) is 11.4. The van der Waals surface area contributed by atoms with Crippen molar-refractivity contribution in [3.8, 4) is 5.75 Å². The molecule has 0 atom stereocenters. The molecule has 0 aliphatic heterocycles. The molecule has 2 aromatic carbocycles. The van der Waals surface area contributed by atoms with Gasteiger partial charge in [-0.05, 0) is 32.4 Å². The lowest BCUT2D eigenvalue weighted by molar-refractivity contribution is -0.384. The number of halogens is 1. The number of para-hydroxylation sites is 1. The van der Waals surface area contributed by atoms with Crippen LogP contribution in [-0.2, 0) is 13.1 Å². The topological polar surface area (TPSA) is 88.8 Å². The highest BCUT2D eigenvalue weighted by Crippen LogP contribution is 2.22. The predicted molar refractivity (Wildman–Crippen MR) is 122 cm³/mol. The van der Waals surface area contributed by atoms with Crippen LogP contribution in [-0.4, -0.2) is 23.5 Å². The maximum Gasteiger partial charge on any atom is 0.269 e. The second-order valence-electron chi connectivity index (χ2n) is 7.03. The van der Waals surface area contributed by atoms with E-state index in [1.807, 2.05) is 51.1 Å². The smallest absolute Gasteiger partial charge is 0.269 e. The summed E-state index contributed by atoms with van der Waals surface area (Å²) >= 11 is 0. The van der Waals surface area contributed by atoms with E-state index in [0.717, 1.165) is 16.9 Å². The highest BCUT2D eigenvalue weighted by Gasteiger charge is 2.14. The lowest BCUT2D eigenvalue weighted by atomic mass is 10.1. The second kappa shape index (κ2) is 10.8. The molecule has 2 rings (SSSR count). The van der Waals surface area contributed by atoms with Gasteiger partial charge < -0.3 is 15.4 Å². The summed E-state index contributed by atoms with van der Waals surface area (Å²) in [4.78, 5) is 14.7. The van der Waals surface area contributed by atoms with E-state index in [1.165, 1.54) is 6.07 Å². The van der Waals surface area contributed by atoms with E-state index in [2.05, 4.69) is 15.6 Å². The Hall–Kier alpha value is -2.36. The lowest BCUT2D eigenvalue weighted by Gasteiger charge is -2.23. The van der Waals surface area contributed by atoms with Gasteiger partial charge in [0.25, 0.3) is 5.69 Å². The fraction of sp³-hybridized carbons (Fsp3) is 0.350. The van der Waals surface area contributed by atoms with Gasteiger partial charge in [-0.25, -0.2) is 0 Å². The van der Waals surface area contributed by atoms with E-state index in [-0.39, 0.29) is 35.3 Å². The number of nitrogens with one attached hydrogen (secondary N) is 2. The number of guanidine groups is 1. The van der Waals surface area contributed by atoms with Crippen LogP contribution in [0.2, 0.25) is 0 Å². The van der Waals surface area contributed by atoms with Crippen LogP contribution in [0, 0.1) is 10.1 Å². The summed E-state index contributed by atoms with van der Waals surface area (Å²) in [6.45, 7) is 7.01. The standard InChI is InChI=1S/C20H26N4O3.HI/c1-20(2,3)27-18-11-6-5-9-16(18)14-23-19(21-4)22-13-15-8-7-10-17(12-15)24(25)26;/h5-12H,13-14H2,1-4H3,(H2,21,22,23);1H. The molecule has 2 N–H and O–H groups in total. The van der Waals surface area contributed by atoms with Crippen molar-refractivity contribution in [3.63, 3.8) is 0 Å². The summed E-state index contributed by atoms with van der Waals surface area (Å²) in [5.41, 5.74) is 1.62. The van der Waals surface area contributed by atoms with E-state index in [1.54, 1.807) is 19.2 Å². The monoisotopic (exact) mass is 498 g/mol. The molecule has 0 fully saturated rings. The predicted octanol–water partition coefficient (Wildman–Crippen LogP) is 4.26. The number of benzene rings is 2. The number of ether oxygens (including phenoxy) is 1. The number of nitro benzene ring substituents is 1. The Balaban J connectivity index is 0.00000392. The van der Waals surface area contributed by atoms with Gasteiger partial charge >= 0.3 is 0 Å². The summed E-state index contributed by atoms with van der Waals surface area (Å²) in [5.74, 6) is 1.43. The van der Waals surface area contributed by atoms with Crippen LogP contribution in [0.25, 0.3) is 0 Å². The third-order valence-electron chi connectivity index (χ3n) is 3.64. The zero-order valence-electron chi connectivity index (χ0n) is 16.6. The van der Waals surface area contributed by atoms with E-state index < -0.39 is 4.92 Å². The summed E-state index contributed by atoms with van der Waals surface area (Å²) in [7, 11) is 1.68. The van der Waals surface area contributed by atoms with Crippen molar-refractivity contribution < 1.29 is 9.66 Å². The minimum Gasteiger partial charge on any atom is -0.488 e. The molecule has 2 aromatic rings. The first-order valence-corrected chi connectivity index (χ1v) is 8.73. The molecule has 0 amide bonds. The molecule has 0 aromatic heterocycles. The van der Waals surface area contributed by atoms with Gasteiger partial charge in [0, 0.05) is 37.8 Å². The van der Waals surface area contributed by atoms with Crippen LogP contribution in [0.5, 0.6) is 5.75 Å². The van der Waals surface area contributed by atoms with Gasteiger partial charge in [0.2, 0.25) is 0 Å². The van der Waals surface area contributed by atoms with Gasteiger partial charge in [-0.15, -0.1) is 24.0 Å². The summed E-state index contributed by atoms with van der Waals surface area (Å²) in [6, 6.07) is 14.4. The molecule has 0 aliphatic rings. The fourth-order valence-electron chi connectivity index (χ4n) is 2.44. The molecule has 0 bridgehead atoms. The summed E-state index contributed by atoms with van der Waals surface area (Å²) in [6.07, 6.45) is 0. The lowest BCUT2D eigenvalue weighted by Crippen LogP contribution is -2.36. The molecule has 0 saturated heterocycles. The molecule has 0 unspecified atom stereocenters. The van der Waals surface area contributed by atoms with Crippen molar-refractivity contribution >= 4 is 35.6 Å². The maximum absolute atomic E-state index is 10.9. The molecule has 7 nitrogen and oxygen atoms in total. The van der Waals surface area contributed by atoms with Crippen LogP contribution >= 0.6 is 24.0 Å². The number of aliphatic imine (C=N–C) groups is 1. The van der Waals surface area contributed by atoms with Crippen LogP contribution in [0.1, 0.15) is 31.9 Å². The Bertz CT molecular complexity index is 819. The van der Waals surface area contributed by atoms with Crippen LogP contribution < -0.4 is 15.4 Å². The van der Waals surface area contributed by atoms with Gasteiger partial charge in [-0.1, -0.05) is 30.3 Å². The van der Waals surface area contributed by atoms with Crippen molar-refractivity contribution in [1.29, 1.82) is 0 Å². The highest BCUT2D eigenvalue weighted by atomic mass is 127. The quantitative estimate of drug-likeness (QED) is 0.204. The summed E-state index contributed by atoms with van der Waals surface area (Å²) in [5, 5.41) is 17.3. The molecule has 0 heterocycles. The first-order chi connectivity index (χ1) is 12.8. The molecular weight excluding hydrogens is 471 g/mol. The number of rotatable bonds is 6. The largest absolute Gasteiger partial charge is 0.488 e. The SMILES string of the molecule is CN=C(NCc1cccc([N+](=O)[O-])c1)NCc1ccccc1OC(C)(C)C.I. The van der Waals surface area contributed by atoms with E-state index in [4.69, 9.17) is 4.74 Å². The Labute approximate surface area is 182 Å². The Morgan fingerprint density at radius 1 is 1.11 bits per heavy atom. The van der Waals surface area contributed by atoms with Crippen molar-refractivity contribution in [2.24, 2.45) is 4.99 Å². The number of non-ortho nitro benzene ring substituents is 1. The number of hydrogen-bond acceptors (Lipinski definition) is 4. The Morgan fingerprint density at radius 2 is 1.79 bits per heavy atom. The minimum atomic E-state index is -0.400. The number of hydrogen-bond donors (Lipinski definition) is 2. The van der Waals surface area contributed by atoms with Gasteiger partial charge in [0.05, 0.1) is 4.92 Å². The van der Waals surface area contributed by atoms with Gasteiger partial charge in [-0.3, -0.25) is 15.1 Å². The second-order valence-corrected chi connectivity index (χ2v) is 7.03. The third-order valence-corrected chi connectivity index (χ3v) is 3.64. The first-order valence-electron chi connectivity index (χ1n) is 8.73. The van der Waals surface area contributed by atoms with Crippen molar-refractivity contribution in [1.82, 2.24) is 10.6 Å². The Morgan fingerprint density at radius 3 is 2.43 bits per heavy atom. The molecule has 0 aliphatic carbocycles. The highest BCUT2D eigenvalue weighted by molar-refractivity contribution is 14.0. The Kier molecular flexibility index (Phi) is 9.17. The molecule has 8 heteroatoms. The molecule has 152 valence electrons. The van der Waals surface area contributed by atoms with Gasteiger partial charge in [0.1, 0.15) is 11.4 Å². The number of nitrogens with zero attached hydrogens (tertiary/aromatic N) is 2. The van der Waals surface area contributed by atoms with Crippen molar-refractivity contribution in [2.75, 3.05) is 7.05 Å². The maximum atomic E-state index is 10.9. The zero-order valence-corrected chi connectivity index (χ0v) is 18.9. The van der Waals surface area contributed by atoms with E-state index >= 15 is 0 Å². The van der Waals surface area contributed by atoms with Gasteiger partial charge in [0.15, 0.2) is 5.96 Å². The van der Waals surface area contributed by atoms with Crippen LogP contribution in [0.15, 0.2) is 53.5 Å². The summed E-state index contributed by atoms with van der Waals surface area (Å²) < 4.78 is 6.00. The average molecular weight is 498 g/mol.